The zero-order valence-electron chi connectivity index (χ0n) is 12.5. The Kier molecular flexibility index (Phi) is 5.16. The van der Waals surface area contributed by atoms with E-state index in [1.807, 2.05) is 32.0 Å². The Bertz CT molecular complexity index is 579. The second-order valence-corrected chi connectivity index (χ2v) is 7.44. The molecule has 1 saturated heterocycles. The molecule has 1 aromatic heterocycles. The topological polar surface area (TPSA) is 53.5 Å². The van der Waals surface area contributed by atoms with Crippen LogP contribution in [0.3, 0.4) is 0 Å². The van der Waals surface area contributed by atoms with E-state index in [2.05, 4.69) is 9.88 Å². The van der Waals surface area contributed by atoms with E-state index >= 15 is 0 Å². The molecule has 0 spiro atoms. The minimum atomic E-state index is -3.36. The van der Waals surface area contributed by atoms with Gasteiger partial charge in [0.05, 0.1) is 12.4 Å². The quantitative estimate of drug-likeness (QED) is 0.828. The molecule has 1 aromatic rings. The number of aromatic nitrogens is 1. The van der Waals surface area contributed by atoms with E-state index in [1.165, 1.54) is 4.31 Å². The lowest BCUT2D eigenvalue weighted by atomic mass is 10.2. The molecule has 0 amide bonds. The number of hydrogen-bond donors (Lipinski definition) is 0. The summed E-state index contributed by atoms with van der Waals surface area (Å²) in [7, 11) is -3.36. The molecule has 5 nitrogen and oxygen atoms in total. The lowest BCUT2D eigenvalue weighted by molar-refractivity contribution is 0.305. The van der Waals surface area contributed by atoms with Gasteiger partial charge in [-0.25, -0.2) is 13.4 Å². The number of nitrogens with zero attached hydrogens (tertiary/aromatic N) is 3. The molecular weight excluding hydrogens is 293 g/mol. The molecule has 21 heavy (non-hydrogen) atoms. The molecule has 0 aliphatic carbocycles. The first kappa shape index (κ1) is 16.2. The molecule has 1 atom stereocenters. The van der Waals surface area contributed by atoms with Crippen LogP contribution in [0, 0.1) is 6.92 Å². The highest BCUT2D eigenvalue weighted by atomic mass is 32.2. The van der Waals surface area contributed by atoms with Crippen molar-refractivity contribution in [2.45, 2.75) is 26.3 Å². The van der Waals surface area contributed by atoms with Crippen LogP contribution in [-0.2, 0) is 10.0 Å². The molecule has 0 N–H and O–H groups in total. The average Bonchev–Trinajstić information content (AvgIpc) is 2.45. The third kappa shape index (κ3) is 3.91. The highest BCUT2D eigenvalue weighted by molar-refractivity contribution is 7.89. The Morgan fingerprint density at radius 2 is 2.14 bits per heavy atom. The van der Waals surface area contributed by atoms with Crippen molar-refractivity contribution in [1.82, 2.24) is 9.29 Å². The number of rotatable bonds is 5. The number of alkyl halides is 1. The molecular formula is C14H22FN3O2S. The molecule has 0 bridgehead atoms. The highest BCUT2D eigenvalue weighted by Gasteiger charge is 2.32. The van der Waals surface area contributed by atoms with Crippen molar-refractivity contribution in [3.8, 4) is 0 Å². The van der Waals surface area contributed by atoms with E-state index in [1.54, 1.807) is 0 Å². The van der Waals surface area contributed by atoms with Gasteiger partial charge >= 0.3 is 0 Å². The lowest BCUT2D eigenvalue weighted by Gasteiger charge is -2.39. The predicted molar refractivity (Wildman–Crippen MR) is 81.7 cm³/mol. The van der Waals surface area contributed by atoms with Crippen LogP contribution in [0.1, 0.15) is 19.0 Å². The van der Waals surface area contributed by atoms with Crippen molar-refractivity contribution in [2.24, 2.45) is 0 Å². The zero-order chi connectivity index (χ0) is 15.5. The van der Waals surface area contributed by atoms with Crippen LogP contribution < -0.4 is 4.90 Å². The van der Waals surface area contributed by atoms with Gasteiger partial charge in [0.2, 0.25) is 10.0 Å². The number of pyridine rings is 1. The maximum atomic E-state index is 12.2. The number of piperazine rings is 1. The second-order valence-electron chi connectivity index (χ2n) is 5.40. The first-order valence-corrected chi connectivity index (χ1v) is 8.79. The molecule has 2 rings (SSSR count). The van der Waals surface area contributed by atoms with Crippen LogP contribution in [0.4, 0.5) is 10.2 Å². The standard InChI is InChI=1S/C14H22FN3O2S/c1-12-5-3-6-14(16-12)17-8-9-18(13(2)11-17)21(19,20)10-4-7-15/h3,5-6,13H,4,7-11H2,1-2H3. The van der Waals surface area contributed by atoms with Gasteiger partial charge in [0.15, 0.2) is 0 Å². The van der Waals surface area contributed by atoms with E-state index in [-0.39, 0.29) is 18.2 Å². The van der Waals surface area contributed by atoms with Crippen LogP contribution in [0.5, 0.6) is 0 Å². The Morgan fingerprint density at radius 1 is 1.38 bits per heavy atom. The minimum absolute atomic E-state index is 0.0642. The summed E-state index contributed by atoms with van der Waals surface area (Å²) < 4.78 is 38.1. The summed E-state index contributed by atoms with van der Waals surface area (Å²) in [6.07, 6.45) is 0.0642. The summed E-state index contributed by atoms with van der Waals surface area (Å²) in [6.45, 7) is 4.85. The molecule has 1 aliphatic heterocycles. The van der Waals surface area contributed by atoms with Gasteiger partial charge < -0.3 is 4.90 Å². The summed E-state index contributed by atoms with van der Waals surface area (Å²) in [5.74, 6) is 0.763. The number of hydrogen-bond acceptors (Lipinski definition) is 4. The third-order valence-corrected chi connectivity index (χ3v) is 5.72. The van der Waals surface area contributed by atoms with Crippen LogP contribution >= 0.6 is 0 Å². The molecule has 7 heteroatoms. The number of anilines is 1. The minimum Gasteiger partial charge on any atom is -0.354 e. The molecule has 0 saturated carbocycles. The molecule has 1 aliphatic rings. The van der Waals surface area contributed by atoms with Gasteiger partial charge in [-0.1, -0.05) is 6.07 Å². The fraction of sp³-hybridized carbons (Fsp3) is 0.643. The SMILES string of the molecule is Cc1cccc(N2CCN(S(=O)(=O)CCCF)C(C)C2)n1. The van der Waals surface area contributed by atoms with Crippen LogP contribution in [0.2, 0.25) is 0 Å². The van der Waals surface area contributed by atoms with Crippen molar-refractivity contribution in [1.29, 1.82) is 0 Å². The summed E-state index contributed by atoms with van der Waals surface area (Å²) >= 11 is 0. The van der Waals surface area contributed by atoms with Crippen molar-refractivity contribution in [2.75, 3.05) is 37.0 Å². The fourth-order valence-corrected chi connectivity index (χ4v) is 4.30. The number of aryl methyl sites for hydroxylation is 1. The predicted octanol–water partition coefficient (Wildman–Crippen LogP) is 1.59. The van der Waals surface area contributed by atoms with Gasteiger partial charge in [-0.05, 0) is 32.4 Å². The van der Waals surface area contributed by atoms with Crippen molar-refractivity contribution in [3.63, 3.8) is 0 Å². The Hall–Kier alpha value is -1.21. The van der Waals surface area contributed by atoms with Gasteiger partial charge in [0, 0.05) is 31.4 Å². The van der Waals surface area contributed by atoms with Gasteiger partial charge in [0.1, 0.15) is 5.82 Å². The Labute approximate surface area is 125 Å². The molecule has 0 radical (unpaired) electrons. The summed E-state index contributed by atoms with van der Waals surface area (Å²) in [6, 6.07) is 5.69. The number of halogens is 1. The zero-order valence-corrected chi connectivity index (χ0v) is 13.3. The highest BCUT2D eigenvalue weighted by Crippen LogP contribution is 2.20. The molecule has 1 fully saturated rings. The van der Waals surface area contributed by atoms with E-state index in [9.17, 15) is 12.8 Å². The van der Waals surface area contributed by atoms with Crippen LogP contribution in [0.25, 0.3) is 0 Å². The third-order valence-electron chi connectivity index (χ3n) is 3.66. The summed E-state index contributed by atoms with van der Waals surface area (Å²) in [5, 5.41) is 0. The van der Waals surface area contributed by atoms with E-state index in [0.717, 1.165) is 11.5 Å². The van der Waals surface area contributed by atoms with Crippen molar-refractivity contribution in [3.05, 3.63) is 23.9 Å². The average molecular weight is 315 g/mol. The molecule has 118 valence electrons. The molecule has 2 heterocycles. The lowest BCUT2D eigenvalue weighted by Crippen LogP contribution is -2.54. The second kappa shape index (κ2) is 6.70. The van der Waals surface area contributed by atoms with Crippen LogP contribution in [-0.4, -0.2) is 55.8 Å². The first-order valence-electron chi connectivity index (χ1n) is 7.18. The smallest absolute Gasteiger partial charge is 0.214 e. The maximum Gasteiger partial charge on any atom is 0.214 e. The van der Waals surface area contributed by atoms with Gasteiger partial charge in [-0.15, -0.1) is 0 Å². The van der Waals surface area contributed by atoms with Crippen molar-refractivity contribution < 1.29 is 12.8 Å². The van der Waals surface area contributed by atoms with Gasteiger partial charge in [-0.3, -0.25) is 4.39 Å². The van der Waals surface area contributed by atoms with Gasteiger partial charge in [-0.2, -0.15) is 4.31 Å². The maximum absolute atomic E-state index is 12.2. The molecule has 0 aromatic carbocycles. The monoisotopic (exact) mass is 315 g/mol. The van der Waals surface area contributed by atoms with Gasteiger partial charge in [0.25, 0.3) is 0 Å². The van der Waals surface area contributed by atoms with Crippen molar-refractivity contribution >= 4 is 15.8 Å². The first-order chi connectivity index (χ1) is 9.94. The summed E-state index contributed by atoms with van der Waals surface area (Å²) in [5.41, 5.74) is 0.943. The Balaban J connectivity index is 2.05. The van der Waals surface area contributed by atoms with Crippen LogP contribution in [0.15, 0.2) is 18.2 Å². The van der Waals surface area contributed by atoms with E-state index in [4.69, 9.17) is 0 Å². The largest absolute Gasteiger partial charge is 0.354 e. The Morgan fingerprint density at radius 3 is 2.76 bits per heavy atom. The summed E-state index contributed by atoms with van der Waals surface area (Å²) in [4.78, 5) is 6.57. The van der Waals surface area contributed by atoms with E-state index < -0.39 is 16.7 Å². The molecule has 1 unspecified atom stereocenters. The fourth-order valence-electron chi connectivity index (χ4n) is 2.62. The number of sulfonamides is 1. The van der Waals surface area contributed by atoms with E-state index in [0.29, 0.717) is 19.6 Å². The normalized spacial score (nSPS) is 20.7.